The smallest absolute Gasteiger partial charge is 0.330 e. The lowest BCUT2D eigenvalue weighted by molar-refractivity contribution is -0.117. The highest BCUT2D eigenvalue weighted by atomic mass is 16.3. The molecule has 3 aromatic rings. The van der Waals surface area contributed by atoms with E-state index < -0.39 is 17.2 Å². The van der Waals surface area contributed by atoms with Crippen LogP contribution < -0.4 is 26.8 Å². The summed E-state index contributed by atoms with van der Waals surface area (Å²) in [6.07, 6.45) is 7.31. The Kier molecular flexibility index (Phi) is 7.53. The van der Waals surface area contributed by atoms with E-state index in [2.05, 4.69) is 4.98 Å². The van der Waals surface area contributed by atoms with Gasteiger partial charge in [0.05, 0.1) is 12.8 Å². The van der Waals surface area contributed by atoms with Crippen LogP contribution in [0, 0.1) is 0 Å². The fourth-order valence-electron chi connectivity index (χ4n) is 4.15. The summed E-state index contributed by atoms with van der Waals surface area (Å²) < 4.78 is 6.66. The van der Waals surface area contributed by atoms with Gasteiger partial charge in [-0.1, -0.05) is 25.5 Å². The third-order valence-electron chi connectivity index (χ3n) is 6.08. The SMILES string of the molecule is CCCCn1c(N)c(N(Cc2ccco2)C(=O)/C=C/c2ccc(N3CCCC3=O)cc2)c(=O)[nH]c1=O. The van der Waals surface area contributed by atoms with Crippen LogP contribution in [0.25, 0.3) is 6.08 Å². The van der Waals surface area contributed by atoms with E-state index >= 15 is 0 Å². The van der Waals surface area contributed by atoms with Crippen molar-refractivity contribution >= 4 is 35.1 Å². The second-order valence-electron chi connectivity index (χ2n) is 8.58. The highest BCUT2D eigenvalue weighted by molar-refractivity contribution is 6.05. The predicted molar refractivity (Wildman–Crippen MR) is 138 cm³/mol. The number of anilines is 3. The molecular weight excluding hydrogens is 462 g/mol. The summed E-state index contributed by atoms with van der Waals surface area (Å²) in [6, 6.07) is 10.7. The summed E-state index contributed by atoms with van der Waals surface area (Å²) in [5.41, 5.74) is 6.33. The van der Waals surface area contributed by atoms with Crippen molar-refractivity contribution in [3.05, 3.63) is 80.9 Å². The van der Waals surface area contributed by atoms with E-state index in [0.29, 0.717) is 31.7 Å². The lowest BCUT2D eigenvalue weighted by Crippen LogP contribution is -2.40. The molecule has 2 aromatic heterocycles. The zero-order chi connectivity index (χ0) is 25.7. The van der Waals surface area contributed by atoms with Crippen molar-refractivity contribution in [3.8, 4) is 0 Å². The van der Waals surface area contributed by atoms with Crippen LogP contribution in [0.2, 0.25) is 0 Å². The molecule has 0 bridgehead atoms. The number of carbonyl (C=O) groups is 2. The topological polar surface area (TPSA) is 135 Å². The first kappa shape index (κ1) is 24.8. The van der Waals surface area contributed by atoms with Gasteiger partial charge >= 0.3 is 5.69 Å². The molecular formula is C26H29N5O5. The first-order valence-electron chi connectivity index (χ1n) is 11.9. The van der Waals surface area contributed by atoms with Crippen LogP contribution >= 0.6 is 0 Å². The van der Waals surface area contributed by atoms with E-state index in [1.165, 1.54) is 21.8 Å². The summed E-state index contributed by atoms with van der Waals surface area (Å²) in [5, 5.41) is 0. The molecule has 188 valence electrons. The van der Waals surface area contributed by atoms with E-state index in [1.807, 2.05) is 31.2 Å². The minimum Gasteiger partial charge on any atom is -0.467 e. The first-order valence-corrected chi connectivity index (χ1v) is 11.9. The van der Waals surface area contributed by atoms with Crippen LogP contribution in [0.3, 0.4) is 0 Å². The molecule has 0 atom stereocenters. The van der Waals surface area contributed by atoms with E-state index in [0.717, 1.165) is 24.1 Å². The van der Waals surface area contributed by atoms with Crippen molar-refractivity contribution < 1.29 is 14.0 Å². The summed E-state index contributed by atoms with van der Waals surface area (Å²) >= 11 is 0. The zero-order valence-corrected chi connectivity index (χ0v) is 20.1. The van der Waals surface area contributed by atoms with Crippen LogP contribution in [0.15, 0.2) is 62.7 Å². The minimum absolute atomic E-state index is 0.0502. The molecule has 0 radical (unpaired) electrons. The molecule has 36 heavy (non-hydrogen) atoms. The largest absolute Gasteiger partial charge is 0.467 e. The van der Waals surface area contributed by atoms with E-state index in [9.17, 15) is 19.2 Å². The summed E-state index contributed by atoms with van der Waals surface area (Å²) in [5.74, 6) is -0.0418. The third-order valence-corrected chi connectivity index (χ3v) is 6.08. The number of aromatic nitrogens is 2. The number of aromatic amines is 1. The Bertz CT molecular complexity index is 1370. The van der Waals surface area contributed by atoms with E-state index in [-0.39, 0.29) is 24.0 Å². The van der Waals surface area contributed by atoms with Crippen LogP contribution in [0.5, 0.6) is 0 Å². The maximum Gasteiger partial charge on any atom is 0.330 e. The molecule has 1 aromatic carbocycles. The number of nitrogens with two attached hydrogens (primary N) is 1. The molecule has 4 rings (SSSR count). The Balaban J connectivity index is 1.63. The van der Waals surface area contributed by atoms with Crippen LogP contribution in [-0.2, 0) is 22.7 Å². The second kappa shape index (κ2) is 10.9. The minimum atomic E-state index is -0.752. The lowest BCUT2D eigenvalue weighted by atomic mass is 10.1. The normalized spacial score (nSPS) is 13.6. The van der Waals surface area contributed by atoms with Gasteiger partial charge in [-0.3, -0.25) is 28.8 Å². The Hall–Kier alpha value is -4.34. The Labute approximate surface area is 207 Å². The van der Waals surface area contributed by atoms with Crippen molar-refractivity contribution in [1.82, 2.24) is 9.55 Å². The zero-order valence-electron chi connectivity index (χ0n) is 20.1. The van der Waals surface area contributed by atoms with Crippen molar-refractivity contribution in [2.24, 2.45) is 0 Å². The number of nitrogens with one attached hydrogen (secondary N) is 1. The highest BCUT2D eigenvalue weighted by Gasteiger charge is 2.24. The van der Waals surface area contributed by atoms with Gasteiger partial charge in [0.15, 0.2) is 5.69 Å². The maximum atomic E-state index is 13.3. The summed E-state index contributed by atoms with van der Waals surface area (Å²) in [7, 11) is 0. The van der Waals surface area contributed by atoms with Crippen LogP contribution in [0.1, 0.15) is 43.9 Å². The molecule has 2 amide bonds. The number of H-pyrrole nitrogens is 1. The molecule has 10 nitrogen and oxygen atoms in total. The number of nitrogen functional groups attached to an aromatic ring is 1. The Morgan fingerprint density at radius 2 is 1.97 bits per heavy atom. The predicted octanol–water partition coefficient (Wildman–Crippen LogP) is 2.89. The molecule has 3 N–H and O–H groups in total. The van der Waals surface area contributed by atoms with Crippen molar-refractivity contribution in [2.45, 2.75) is 45.7 Å². The molecule has 0 aliphatic carbocycles. The number of carbonyl (C=O) groups excluding carboxylic acids is 2. The van der Waals surface area contributed by atoms with Crippen molar-refractivity contribution in [3.63, 3.8) is 0 Å². The highest BCUT2D eigenvalue weighted by Crippen LogP contribution is 2.23. The average Bonchev–Trinajstić information content (AvgIpc) is 3.53. The van der Waals surface area contributed by atoms with Gasteiger partial charge in [0.2, 0.25) is 5.91 Å². The molecule has 1 fully saturated rings. The summed E-state index contributed by atoms with van der Waals surface area (Å²) in [4.78, 5) is 55.7. The molecule has 3 heterocycles. The monoisotopic (exact) mass is 491 g/mol. The number of hydrogen-bond acceptors (Lipinski definition) is 6. The fourth-order valence-corrected chi connectivity index (χ4v) is 4.15. The molecule has 0 saturated carbocycles. The van der Waals surface area contributed by atoms with Gasteiger partial charge in [0.25, 0.3) is 11.5 Å². The molecule has 1 aliphatic heterocycles. The molecule has 10 heteroatoms. The maximum absolute atomic E-state index is 13.3. The van der Waals surface area contributed by atoms with E-state index in [1.54, 1.807) is 23.1 Å². The standard InChI is InChI=1S/C26H29N5O5/c1-2-3-14-30-24(27)23(25(34)28-26(30)35)31(17-20-6-5-16-36-20)22(33)13-10-18-8-11-19(12-9-18)29-15-4-7-21(29)32/h5-6,8-13,16H,2-4,7,14-15,17,27H2,1H3,(H,28,34,35)/b13-10+. The molecule has 0 unspecified atom stereocenters. The van der Waals surface area contributed by atoms with Gasteiger partial charge in [0, 0.05) is 31.3 Å². The van der Waals surface area contributed by atoms with Crippen LogP contribution in [0.4, 0.5) is 17.2 Å². The number of amides is 2. The summed E-state index contributed by atoms with van der Waals surface area (Å²) in [6.45, 7) is 2.94. The van der Waals surface area contributed by atoms with Crippen molar-refractivity contribution in [2.75, 3.05) is 22.1 Å². The Morgan fingerprint density at radius 3 is 2.61 bits per heavy atom. The van der Waals surface area contributed by atoms with Gasteiger partial charge < -0.3 is 15.1 Å². The van der Waals surface area contributed by atoms with Gasteiger partial charge in [-0.15, -0.1) is 0 Å². The Morgan fingerprint density at radius 1 is 1.19 bits per heavy atom. The number of hydrogen-bond donors (Lipinski definition) is 2. The number of furan rings is 1. The number of rotatable bonds is 9. The van der Waals surface area contributed by atoms with Gasteiger partial charge in [-0.2, -0.15) is 0 Å². The average molecular weight is 492 g/mol. The quantitative estimate of drug-likeness (QED) is 0.442. The fraction of sp³-hybridized carbons (Fsp3) is 0.308. The molecule has 1 saturated heterocycles. The number of benzene rings is 1. The molecule has 0 spiro atoms. The second-order valence-corrected chi connectivity index (χ2v) is 8.58. The lowest BCUT2D eigenvalue weighted by Gasteiger charge is -2.22. The van der Waals surface area contributed by atoms with E-state index in [4.69, 9.17) is 10.2 Å². The van der Waals surface area contributed by atoms with Gasteiger partial charge in [-0.25, -0.2) is 4.79 Å². The van der Waals surface area contributed by atoms with Crippen molar-refractivity contribution in [1.29, 1.82) is 0 Å². The first-order chi connectivity index (χ1) is 17.4. The molecule has 1 aliphatic rings. The van der Waals surface area contributed by atoms with Gasteiger partial charge in [0.1, 0.15) is 11.6 Å². The van der Waals surface area contributed by atoms with Crippen LogP contribution in [-0.4, -0.2) is 27.9 Å². The van der Waals surface area contributed by atoms with Gasteiger partial charge in [-0.05, 0) is 48.7 Å². The number of nitrogens with zero attached hydrogens (tertiary/aromatic N) is 3. The third kappa shape index (κ3) is 5.32. The number of unbranched alkanes of at least 4 members (excludes halogenated alkanes) is 1.